The van der Waals surface area contributed by atoms with Gasteiger partial charge in [-0.05, 0) is 25.0 Å². The molecule has 0 amide bonds. The Balaban J connectivity index is 2.19. The lowest BCUT2D eigenvalue weighted by atomic mass is 10.1. The van der Waals surface area contributed by atoms with Gasteiger partial charge >= 0.3 is 6.18 Å². The minimum Gasteiger partial charge on any atom is -0.381 e. The van der Waals surface area contributed by atoms with Gasteiger partial charge in [0, 0.05) is 19.3 Å². The van der Waals surface area contributed by atoms with Crippen LogP contribution in [0, 0.1) is 0 Å². The van der Waals surface area contributed by atoms with Gasteiger partial charge in [0.1, 0.15) is 11.6 Å². The number of halogens is 3. The standard InChI is InChI=1S/C11H15F3N4O/c12-11(13,14)7-5-9(17-10(6-7)18-15)16-8-1-3-19-4-2-8/h5-6,8H,1-4,15H2,(H2,16,17,18). The number of hydrazine groups is 1. The second-order valence-electron chi connectivity index (χ2n) is 4.30. The van der Waals surface area contributed by atoms with Crippen LogP contribution in [0.5, 0.6) is 0 Å². The van der Waals surface area contributed by atoms with Crippen molar-refractivity contribution in [3.8, 4) is 0 Å². The van der Waals surface area contributed by atoms with E-state index in [1.54, 1.807) is 0 Å². The normalized spacial score (nSPS) is 17.3. The minimum atomic E-state index is -4.43. The van der Waals surface area contributed by atoms with Crippen LogP contribution in [-0.4, -0.2) is 24.2 Å². The van der Waals surface area contributed by atoms with Crippen molar-refractivity contribution in [3.63, 3.8) is 0 Å². The molecule has 1 aromatic heterocycles. The molecule has 1 fully saturated rings. The zero-order valence-corrected chi connectivity index (χ0v) is 10.1. The van der Waals surface area contributed by atoms with E-state index in [4.69, 9.17) is 10.6 Å². The minimum absolute atomic E-state index is 0.0237. The number of nitrogen functional groups attached to an aromatic ring is 1. The number of aromatic nitrogens is 1. The Labute approximate surface area is 108 Å². The summed E-state index contributed by atoms with van der Waals surface area (Å²) >= 11 is 0. The molecule has 2 rings (SSSR count). The molecule has 19 heavy (non-hydrogen) atoms. The number of hydrogen-bond donors (Lipinski definition) is 3. The summed E-state index contributed by atoms with van der Waals surface area (Å²) in [7, 11) is 0. The summed E-state index contributed by atoms with van der Waals surface area (Å²) in [6.07, 6.45) is -2.95. The summed E-state index contributed by atoms with van der Waals surface area (Å²) in [6, 6.07) is 1.92. The van der Waals surface area contributed by atoms with E-state index >= 15 is 0 Å². The van der Waals surface area contributed by atoms with Gasteiger partial charge in [-0.25, -0.2) is 10.8 Å². The van der Waals surface area contributed by atoms with Gasteiger partial charge in [-0.1, -0.05) is 0 Å². The summed E-state index contributed by atoms with van der Waals surface area (Å²) in [5.74, 6) is 5.27. The monoisotopic (exact) mass is 276 g/mol. The van der Waals surface area contributed by atoms with Gasteiger partial charge in [0.15, 0.2) is 0 Å². The molecule has 5 nitrogen and oxygen atoms in total. The lowest BCUT2D eigenvalue weighted by Crippen LogP contribution is -2.28. The molecule has 0 unspecified atom stereocenters. The van der Waals surface area contributed by atoms with Crippen LogP contribution < -0.4 is 16.6 Å². The Bertz CT molecular complexity index is 432. The Kier molecular flexibility index (Phi) is 4.11. The molecule has 106 valence electrons. The molecule has 0 radical (unpaired) electrons. The van der Waals surface area contributed by atoms with E-state index < -0.39 is 11.7 Å². The number of pyridine rings is 1. The first-order chi connectivity index (χ1) is 8.99. The van der Waals surface area contributed by atoms with Crippen molar-refractivity contribution in [2.24, 2.45) is 5.84 Å². The molecule has 0 saturated carbocycles. The third kappa shape index (κ3) is 3.71. The first-order valence-electron chi connectivity index (χ1n) is 5.89. The van der Waals surface area contributed by atoms with E-state index in [2.05, 4.69) is 15.7 Å². The van der Waals surface area contributed by atoms with Gasteiger partial charge < -0.3 is 15.5 Å². The fourth-order valence-corrected chi connectivity index (χ4v) is 1.89. The van der Waals surface area contributed by atoms with Crippen molar-refractivity contribution in [3.05, 3.63) is 17.7 Å². The second-order valence-corrected chi connectivity index (χ2v) is 4.30. The number of nitrogens with one attached hydrogen (secondary N) is 2. The lowest BCUT2D eigenvalue weighted by Gasteiger charge is -2.24. The number of nitrogens with zero attached hydrogens (tertiary/aromatic N) is 1. The molecule has 1 aliphatic heterocycles. The average Bonchev–Trinajstić information content (AvgIpc) is 2.38. The van der Waals surface area contributed by atoms with Crippen LogP contribution in [0.2, 0.25) is 0 Å². The number of anilines is 2. The fraction of sp³-hybridized carbons (Fsp3) is 0.545. The third-order valence-electron chi connectivity index (χ3n) is 2.87. The first kappa shape index (κ1) is 13.9. The molecule has 0 atom stereocenters. The van der Waals surface area contributed by atoms with E-state index in [1.807, 2.05) is 0 Å². The summed E-state index contributed by atoms with van der Waals surface area (Å²) in [4.78, 5) is 3.97. The highest BCUT2D eigenvalue weighted by Crippen LogP contribution is 2.32. The van der Waals surface area contributed by atoms with Gasteiger partial charge in [-0.3, -0.25) is 0 Å². The first-order valence-corrected chi connectivity index (χ1v) is 5.89. The third-order valence-corrected chi connectivity index (χ3v) is 2.87. The van der Waals surface area contributed by atoms with E-state index in [0.717, 1.165) is 25.0 Å². The molecule has 0 spiro atoms. The SMILES string of the molecule is NNc1cc(C(F)(F)F)cc(NC2CCOCC2)n1. The van der Waals surface area contributed by atoms with Gasteiger partial charge in [-0.15, -0.1) is 0 Å². The zero-order chi connectivity index (χ0) is 13.9. The highest BCUT2D eigenvalue weighted by molar-refractivity contribution is 5.49. The van der Waals surface area contributed by atoms with Crippen molar-refractivity contribution >= 4 is 11.6 Å². The number of rotatable bonds is 3. The van der Waals surface area contributed by atoms with E-state index in [0.29, 0.717) is 13.2 Å². The molecule has 4 N–H and O–H groups in total. The average molecular weight is 276 g/mol. The van der Waals surface area contributed by atoms with E-state index in [-0.39, 0.29) is 17.7 Å². The van der Waals surface area contributed by atoms with Crippen molar-refractivity contribution in [2.75, 3.05) is 24.0 Å². The Hall–Kier alpha value is -1.54. The second kappa shape index (κ2) is 5.62. The molecule has 8 heteroatoms. The van der Waals surface area contributed by atoms with Gasteiger partial charge in [0.25, 0.3) is 0 Å². The smallest absolute Gasteiger partial charge is 0.381 e. The number of hydrogen-bond acceptors (Lipinski definition) is 5. The molecule has 1 aromatic rings. The van der Waals surface area contributed by atoms with Gasteiger partial charge in [-0.2, -0.15) is 13.2 Å². The lowest BCUT2D eigenvalue weighted by molar-refractivity contribution is -0.137. The number of alkyl halides is 3. The molecule has 1 aliphatic rings. The van der Waals surface area contributed by atoms with Crippen LogP contribution in [0.3, 0.4) is 0 Å². The molecular formula is C11H15F3N4O. The zero-order valence-electron chi connectivity index (χ0n) is 10.1. The summed E-state index contributed by atoms with van der Waals surface area (Å²) in [6.45, 7) is 1.19. The summed E-state index contributed by atoms with van der Waals surface area (Å²) < 4.78 is 43.3. The van der Waals surface area contributed by atoms with Gasteiger partial charge in [0.05, 0.1) is 5.56 Å². The van der Waals surface area contributed by atoms with Crippen LogP contribution in [0.1, 0.15) is 18.4 Å². The molecule has 1 saturated heterocycles. The molecule has 2 heterocycles. The highest BCUT2D eigenvalue weighted by atomic mass is 19.4. The van der Waals surface area contributed by atoms with Crippen LogP contribution in [0.4, 0.5) is 24.8 Å². The van der Waals surface area contributed by atoms with Crippen molar-refractivity contribution in [1.29, 1.82) is 0 Å². The maximum absolute atomic E-state index is 12.7. The summed E-state index contributed by atoms with van der Waals surface area (Å²) in [5, 5.41) is 2.98. The van der Waals surface area contributed by atoms with Crippen LogP contribution >= 0.6 is 0 Å². The number of ether oxygens (including phenoxy) is 1. The molecule has 0 aromatic carbocycles. The predicted octanol–water partition coefficient (Wildman–Crippen LogP) is 1.98. The molecule has 0 aliphatic carbocycles. The molecular weight excluding hydrogens is 261 g/mol. The maximum atomic E-state index is 12.7. The van der Waals surface area contributed by atoms with E-state index in [9.17, 15) is 13.2 Å². The van der Waals surface area contributed by atoms with Crippen molar-refractivity contribution in [1.82, 2.24) is 4.98 Å². The van der Waals surface area contributed by atoms with E-state index in [1.165, 1.54) is 0 Å². The topological polar surface area (TPSA) is 72.2 Å². The maximum Gasteiger partial charge on any atom is 0.416 e. The van der Waals surface area contributed by atoms with Crippen molar-refractivity contribution in [2.45, 2.75) is 25.1 Å². The van der Waals surface area contributed by atoms with Crippen LogP contribution in [-0.2, 0) is 10.9 Å². The quantitative estimate of drug-likeness (QED) is 0.581. The molecule has 0 bridgehead atoms. The summed E-state index contributed by atoms with van der Waals surface area (Å²) in [5.41, 5.74) is 1.35. The largest absolute Gasteiger partial charge is 0.416 e. The Morgan fingerprint density at radius 3 is 2.42 bits per heavy atom. The van der Waals surface area contributed by atoms with Crippen molar-refractivity contribution < 1.29 is 17.9 Å². The Morgan fingerprint density at radius 2 is 1.84 bits per heavy atom. The fourth-order valence-electron chi connectivity index (χ4n) is 1.89. The predicted molar refractivity (Wildman–Crippen MR) is 64.5 cm³/mol. The van der Waals surface area contributed by atoms with Gasteiger partial charge in [0.2, 0.25) is 0 Å². The highest BCUT2D eigenvalue weighted by Gasteiger charge is 2.32. The number of nitrogens with two attached hydrogens (primary N) is 1. The Morgan fingerprint density at radius 1 is 1.21 bits per heavy atom. The van der Waals surface area contributed by atoms with Crippen LogP contribution in [0.15, 0.2) is 12.1 Å². The van der Waals surface area contributed by atoms with Crippen LogP contribution in [0.25, 0.3) is 0 Å².